The molecule has 102 valence electrons. The Labute approximate surface area is 103 Å². The minimum Gasteiger partial charge on any atom is -0.491 e. The van der Waals surface area contributed by atoms with Gasteiger partial charge in [-0.05, 0) is 26.0 Å². The van der Waals surface area contributed by atoms with Crippen molar-refractivity contribution in [2.45, 2.75) is 26.3 Å². The van der Waals surface area contributed by atoms with Crippen LogP contribution in [0.25, 0.3) is 0 Å². The Kier molecular flexibility index (Phi) is 4.98. The number of rotatable bonds is 5. The molecule has 1 N–H and O–H groups in total. The Morgan fingerprint density at radius 3 is 2.50 bits per heavy atom. The molecule has 0 fully saturated rings. The molecule has 0 aromatic heterocycles. The van der Waals surface area contributed by atoms with Crippen LogP contribution in [0.5, 0.6) is 5.75 Å². The van der Waals surface area contributed by atoms with Gasteiger partial charge in [0.05, 0.1) is 12.7 Å². The number of ether oxygens (including phenoxy) is 2. The molecular weight excluding hydrogens is 249 g/mol. The molecule has 0 spiro atoms. The number of benzene rings is 1. The van der Waals surface area contributed by atoms with Gasteiger partial charge in [0.1, 0.15) is 12.4 Å². The summed E-state index contributed by atoms with van der Waals surface area (Å²) in [5.41, 5.74) is 1.48. The second kappa shape index (κ2) is 6.06. The molecule has 3 nitrogen and oxygen atoms in total. The first-order valence-corrected chi connectivity index (χ1v) is 5.41. The third-order valence-electron chi connectivity index (χ3n) is 2.22. The van der Waals surface area contributed by atoms with Crippen molar-refractivity contribution >= 4 is 0 Å². The van der Waals surface area contributed by atoms with Crippen LogP contribution in [-0.4, -0.2) is 24.7 Å². The Bertz CT molecular complexity index is 389. The second-order valence-corrected chi connectivity index (χ2v) is 3.86. The van der Waals surface area contributed by atoms with E-state index in [1.165, 1.54) is 0 Å². The zero-order valence-corrected chi connectivity index (χ0v) is 10.1. The maximum Gasteiger partial charge on any atom is 0.522 e. The third-order valence-corrected chi connectivity index (χ3v) is 2.22. The molecule has 0 aliphatic heterocycles. The molecule has 1 aromatic carbocycles. The Hall–Kier alpha value is -1.27. The fourth-order valence-corrected chi connectivity index (χ4v) is 1.43. The average molecular weight is 264 g/mol. The monoisotopic (exact) mass is 264 g/mol. The summed E-state index contributed by atoms with van der Waals surface area (Å²) in [4.78, 5) is 0. The summed E-state index contributed by atoms with van der Waals surface area (Å²) < 4.78 is 43.9. The summed E-state index contributed by atoms with van der Waals surface area (Å²) in [6, 6.07) is 5.10. The Morgan fingerprint density at radius 2 is 1.94 bits per heavy atom. The van der Waals surface area contributed by atoms with Crippen LogP contribution in [0.1, 0.15) is 24.2 Å². The van der Waals surface area contributed by atoms with Gasteiger partial charge in [0.15, 0.2) is 0 Å². The van der Waals surface area contributed by atoms with Gasteiger partial charge in [0, 0.05) is 5.56 Å². The van der Waals surface area contributed by atoms with E-state index in [0.29, 0.717) is 11.3 Å². The molecule has 1 rings (SSSR count). The van der Waals surface area contributed by atoms with Crippen LogP contribution in [-0.2, 0) is 4.74 Å². The van der Waals surface area contributed by atoms with Gasteiger partial charge < -0.3 is 9.84 Å². The highest BCUT2D eigenvalue weighted by atomic mass is 19.4. The molecule has 0 radical (unpaired) electrons. The lowest BCUT2D eigenvalue weighted by molar-refractivity contribution is -0.325. The Morgan fingerprint density at radius 1 is 1.28 bits per heavy atom. The fourth-order valence-electron chi connectivity index (χ4n) is 1.43. The number of alkyl halides is 3. The van der Waals surface area contributed by atoms with Crippen molar-refractivity contribution in [1.29, 1.82) is 0 Å². The predicted octanol–water partition coefficient (Wildman–Crippen LogP) is 2.96. The average Bonchev–Trinajstić information content (AvgIpc) is 2.24. The van der Waals surface area contributed by atoms with Gasteiger partial charge in [0.2, 0.25) is 0 Å². The van der Waals surface area contributed by atoms with E-state index in [0.717, 1.165) is 5.56 Å². The highest BCUT2D eigenvalue weighted by molar-refractivity contribution is 5.38. The normalized spacial score (nSPS) is 13.4. The SMILES string of the molecule is Cc1ccc(OCCOC(F)(F)F)c([C@@H](C)O)c1. The molecule has 0 aliphatic rings. The van der Waals surface area contributed by atoms with Crippen molar-refractivity contribution in [1.82, 2.24) is 0 Å². The van der Waals surface area contributed by atoms with Crippen molar-refractivity contribution < 1.29 is 27.8 Å². The van der Waals surface area contributed by atoms with Gasteiger partial charge in [0.25, 0.3) is 0 Å². The van der Waals surface area contributed by atoms with Crippen LogP contribution >= 0.6 is 0 Å². The molecule has 1 aromatic rings. The summed E-state index contributed by atoms with van der Waals surface area (Å²) in [7, 11) is 0. The van der Waals surface area contributed by atoms with E-state index in [9.17, 15) is 18.3 Å². The van der Waals surface area contributed by atoms with Crippen LogP contribution in [0.2, 0.25) is 0 Å². The highest BCUT2D eigenvalue weighted by Crippen LogP contribution is 2.26. The molecular formula is C12H15F3O3. The van der Waals surface area contributed by atoms with E-state index < -0.39 is 19.1 Å². The maximum atomic E-state index is 11.7. The van der Waals surface area contributed by atoms with Crippen molar-refractivity contribution in [2.75, 3.05) is 13.2 Å². The predicted molar refractivity (Wildman–Crippen MR) is 59.3 cm³/mol. The lowest BCUT2D eigenvalue weighted by Crippen LogP contribution is -2.18. The smallest absolute Gasteiger partial charge is 0.491 e. The second-order valence-electron chi connectivity index (χ2n) is 3.86. The Balaban J connectivity index is 2.57. The van der Waals surface area contributed by atoms with Crippen LogP contribution in [0.3, 0.4) is 0 Å². The minimum absolute atomic E-state index is 0.234. The van der Waals surface area contributed by atoms with Crippen LogP contribution in [0.15, 0.2) is 18.2 Å². The van der Waals surface area contributed by atoms with E-state index in [-0.39, 0.29) is 6.61 Å². The van der Waals surface area contributed by atoms with Gasteiger partial charge in [-0.25, -0.2) is 0 Å². The summed E-state index contributed by atoms with van der Waals surface area (Å²) in [5.74, 6) is 0.362. The first-order valence-electron chi connectivity index (χ1n) is 5.41. The number of aryl methyl sites for hydroxylation is 1. The van der Waals surface area contributed by atoms with Crippen LogP contribution < -0.4 is 4.74 Å². The third kappa shape index (κ3) is 4.93. The molecule has 1 atom stereocenters. The van der Waals surface area contributed by atoms with Gasteiger partial charge in [-0.15, -0.1) is 13.2 Å². The topological polar surface area (TPSA) is 38.7 Å². The molecule has 0 bridgehead atoms. The minimum atomic E-state index is -4.65. The maximum absolute atomic E-state index is 11.7. The van der Waals surface area contributed by atoms with Crippen molar-refractivity contribution in [3.8, 4) is 5.75 Å². The van der Waals surface area contributed by atoms with Crippen LogP contribution in [0, 0.1) is 6.92 Å². The largest absolute Gasteiger partial charge is 0.522 e. The molecule has 0 saturated carbocycles. The van der Waals surface area contributed by atoms with Gasteiger partial charge in [-0.1, -0.05) is 11.6 Å². The molecule has 0 heterocycles. The molecule has 0 unspecified atom stereocenters. The van der Waals surface area contributed by atoms with Crippen LogP contribution in [0.4, 0.5) is 13.2 Å². The summed E-state index contributed by atoms with van der Waals surface area (Å²) in [6.07, 6.45) is -5.40. The lowest BCUT2D eigenvalue weighted by Gasteiger charge is -2.14. The molecule has 18 heavy (non-hydrogen) atoms. The number of hydrogen-bond donors (Lipinski definition) is 1. The molecule has 0 aliphatic carbocycles. The van der Waals surface area contributed by atoms with Crippen molar-refractivity contribution in [3.05, 3.63) is 29.3 Å². The standard InChI is InChI=1S/C12H15F3O3/c1-8-3-4-11(10(7-8)9(2)16)17-5-6-18-12(13,14)15/h3-4,7,9,16H,5-6H2,1-2H3/t9-/m1/s1. The zero-order valence-electron chi connectivity index (χ0n) is 10.1. The summed E-state index contributed by atoms with van der Waals surface area (Å²) in [5, 5.41) is 9.52. The zero-order chi connectivity index (χ0) is 13.8. The molecule has 0 amide bonds. The summed E-state index contributed by atoms with van der Waals surface area (Å²) >= 11 is 0. The van der Waals surface area contributed by atoms with Gasteiger partial charge in [-0.3, -0.25) is 4.74 Å². The number of hydrogen-bond acceptors (Lipinski definition) is 3. The summed E-state index contributed by atoms with van der Waals surface area (Å²) in [6.45, 7) is 2.59. The molecule has 0 saturated heterocycles. The first-order chi connectivity index (χ1) is 8.29. The van der Waals surface area contributed by atoms with Crippen molar-refractivity contribution in [2.24, 2.45) is 0 Å². The number of aliphatic hydroxyl groups is 1. The number of halogens is 3. The van der Waals surface area contributed by atoms with Gasteiger partial charge >= 0.3 is 6.36 Å². The van der Waals surface area contributed by atoms with E-state index in [1.54, 1.807) is 25.1 Å². The van der Waals surface area contributed by atoms with Gasteiger partial charge in [-0.2, -0.15) is 0 Å². The van der Waals surface area contributed by atoms with E-state index in [1.807, 2.05) is 6.92 Å². The number of aliphatic hydroxyl groups excluding tert-OH is 1. The van der Waals surface area contributed by atoms with Crippen molar-refractivity contribution in [3.63, 3.8) is 0 Å². The molecule has 6 heteroatoms. The van der Waals surface area contributed by atoms with E-state index in [4.69, 9.17) is 4.74 Å². The first kappa shape index (κ1) is 14.8. The lowest BCUT2D eigenvalue weighted by atomic mass is 10.1. The highest BCUT2D eigenvalue weighted by Gasteiger charge is 2.28. The van der Waals surface area contributed by atoms with E-state index >= 15 is 0 Å². The fraction of sp³-hybridized carbons (Fsp3) is 0.500. The quantitative estimate of drug-likeness (QED) is 0.831. The van der Waals surface area contributed by atoms with E-state index in [2.05, 4.69) is 4.74 Å².